The van der Waals surface area contributed by atoms with Gasteiger partial charge >= 0.3 is 0 Å². The monoisotopic (exact) mass is 305 g/mol. The number of nitrogens with zero attached hydrogens (tertiary/aromatic N) is 2. The van der Waals surface area contributed by atoms with Crippen LogP contribution in [0, 0.1) is 0 Å². The van der Waals surface area contributed by atoms with Crippen LogP contribution < -0.4 is 0 Å². The molecule has 0 saturated heterocycles. The van der Waals surface area contributed by atoms with Gasteiger partial charge in [-0.3, -0.25) is 0 Å². The Morgan fingerprint density at radius 2 is 1.64 bits per heavy atom. The molecule has 0 radical (unpaired) electrons. The smallest absolute Gasteiger partial charge is 0.139 e. The second-order valence-corrected chi connectivity index (χ2v) is 5.36. The molecule has 2 heterocycles. The number of aromatic nitrogens is 3. The lowest BCUT2D eigenvalue weighted by Crippen LogP contribution is -1.93. The van der Waals surface area contributed by atoms with Crippen molar-refractivity contribution in [2.75, 3.05) is 0 Å². The molecule has 0 aliphatic rings. The van der Waals surface area contributed by atoms with E-state index in [0.717, 1.165) is 33.3 Å². The van der Waals surface area contributed by atoms with Crippen LogP contribution in [0.2, 0.25) is 5.15 Å². The molecule has 0 atom stereocenters. The Balaban J connectivity index is 2.16. The molecule has 0 amide bonds. The number of halogens is 1. The van der Waals surface area contributed by atoms with Gasteiger partial charge in [0.25, 0.3) is 0 Å². The molecular formula is C18H12ClN3. The van der Waals surface area contributed by atoms with Crippen molar-refractivity contribution in [2.45, 2.75) is 0 Å². The molecule has 0 aliphatic carbocycles. The Hall–Kier alpha value is -2.65. The summed E-state index contributed by atoms with van der Waals surface area (Å²) in [6.07, 6.45) is 3.42. The first-order chi connectivity index (χ1) is 10.8. The molecule has 4 rings (SSSR count). The van der Waals surface area contributed by atoms with E-state index in [0.29, 0.717) is 5.15 Å². The minimum atomic E-state index is 0.474. The second kappa shape index (κ2) is 5.28. The highest BCUT2D eigenvalue weighted by molar-refractivity contribution is 6.34. The van der Waals surface area contributed by atoms with Crippen LogP contribution in [0.1, 0.15) is 0 Å². The quantitative estimate of drug-likeness (QED) is 0.533. The predicted molar refractivity (Wildman–Crippen MR) is 89.8 cm³/mol. The summed E-state index contributed by atoms with van der Waals surface area (Å²) in [5.74, 6) is 0. The molecular weight excluding hydrogens is 294 g/mol. The van der Waals surface area contributed by atoms with Gasteiger partial charge in [-0.05, 0) is 11.6 Å². The van der Waals surface area contributed by atoms with E-state index in [4.69, 9.17) is 11.6 Å². The molecule has 2 aromatic carbocycles. The fraction of sp³-hybridized carbons (Fsp3) is 0. The third kappa shape index (κ3) is 2.07. The predicted octanol–water partition coefficient (Wildman–Crippen LogP) is 4.95. The number of hydrogen-bond donors (Lipinski definition) is 1. The summed E-state index contributed by atoms with van der Waals surface area (Å²) in [6.45, 7) is 0. The van der Waals surface area contributed by atoms with E-state index >= 15 is 0 Å². The maximum atomic E-state index is 6.49. The van der Waals surface area contributed by atoms with Gasteiger partial charge in [-0.25, -0.2) is 9.97 Å². The molecule has 0 saturated carbocycles. The molecule has 0 fully saturated rings. The van der Waals surface area contributed by atoms with Crippen LogP contribution in [0.4, 0.5) is 0 Å². The summed E-state index contributed by atoms with van der Waals surface area (Å²) in [5, 5.41) is 1.55. The first-order valence-electron chi connectivity index (χ1n) is 6.97. The van der Waals surface area contributed by atoms with Gasteiger partial charge in [0, 0.05) is 16.5 Å². The van der Waals surface area contributed by atoms with Gasteiger partial charge in [-0.1, -0.05) is 60.1 Å². The number of para-hydroxylation sites is 1. The van der Waals surface area contributed by atoms with Crippen LogP contribution in [-0.4, -0.2) is 15.0 Å². The molecule has 106 valence electrons. The van der Waals surface area contributed by atoms with Crippen LogP contribution in [-0.2, 0) is 0 Å². The van der Waals surface area contributed by atoms with Crippen molar-refractivity contribution in [1.29, 1.82) is 0 Å². The molecule has 0 bridgehead atoms. The fourth-order valence-electron chi connectivity index (χ4n) is 2.73. The minimum absolute atomic E-state index is 0.474. The van der Waals surface area contributed by atoms with E-state index in [1.54, 1.807) is 12.5 Å². The van der Waals surface area contributed by atoms with Crippen molar-refractivity contribution >= 4 is 22.5 Å². The Kier molecular flexibility index (Phi) is 3.13. The van der Waals surface area contributed by atoms with E-state index in [1.165, 1.54) is 0 Å². The number of fused-ring (bicyclic) bond motifs is 1. The number of rotatable bonds is 2. The fourth-order valence-corrected chi connectivity index (χ4v) is 3.01. The number of nitrogens with one attached hydrogen (secondary N) is 1. The highest BCUT2D eigenvalue weighted by atomic mass is 35.5. The summed E-state index contributed by atoms with van der Waals surface area (Å²) < 4.78 is 0. The molecule has 22 heavy (non-hydrogen) atoms. The van der Waals surface area contributed by atoms with Gasteiger partial charge in [0.15, 0.2) is 0 Å². The van der Waals surface area contributed by atoms with E-state index < -0.39 is 0 Å². The molecule has 0 unspecified atom stereocenters. The Morgan fingerprint density at radius 3 is 2.41 bits per heavy atom. The van der Waals surface area contributed by atoms with Crippen molar-refractivity contribution in [2.24, 2.45) is 0 Å². The normalized spacial score (nSPS) is 11.0. The van der Waals surface area contributed by atoms with Crippen molar-refractivity contribution in [3.63, 3.8) is 0 Å². The average molecular weight is 306 g/mol. The highest BCUT2D eigenvalue weighted by Gasteiger charge is 2.17. The number of hydrogen-bond acceptors (Lipinski definition) is 2. The van der Waals surface area contributed by atoms with E-state index in [-0.39, 0.29) is 0 Å². The average Bonchev–Trinajstić information content (AvgIpc) is 3.08. The SMILES string of the molecule is Clc1nc2ccccc2c(-c2ccccc2)c1-c1cnc[nH]1. The van der Waals surface area contributed by atoms with Crippen molar-refractivity contribution in [3.8, 4) is 22.4 Å². The van der Waals surface area contributed by atoms with Crippen molar-refractivity contribution < 1.29 is 0 Å². The van der Waals surface area contributed by atoms with Crippen molar-refractivity contribution in [3.05, 3.63) is 72.3 Å². The maximum absolute atomic E-state index is 6.49. The van der Waals surface area contributed by atoms with Crippen LogP contribution in [0.15, 0.2) is 67.1 Å². The zero-order valence-corrected chi connectivity index (χ0v) is 12.4. The van der Waals surface area contributed by atoms with Gasteiger partial charge in [-0.2, -0.15) is 0 Å². The minimum Gasteiger partial charge on any atom is -0.345 e. The van der Waals surface area contributed by atoms with Crippen LogP contribution in [0.5, 0.6) is 0 Å². The third-order valence-corrected chi connectivity index (χ3v) is 3.95. The summed E-state index contributed by atoms with van der Waals surface area (Å²) in [7, 11) is 0. The number of H-pyrrole nitrogens is 1. The molecule has 2 aromatic heterocycles. The zero-order valence-electron chi connectivity index (χ0n) is 11.6. The number of imidazole rings is 1. The first kappa shape index (κ1) is 13.0. The number of pyridine rings is 1. The molecule has 0 aliphatic heterocycles. The standard InChI is InChI=1S/C18H12ClN3/c19-18-17(15-10-20-11-21-15)16(12-6-2-1-3-7-12)13-8-4-5-9-14(13)22-18/h1-11H,(H,20,21). The highest BCUT2D eigenvalue weighted by Crippen LogP contribution is 2.40. The Labute approximate surface area is 132 Å². The lowest BCUT2D eigenvalue weighted by atomic mass is 9.95. The van der Waals surface area contributed by atoms with E-state index in [1.807, 2.05) is 36.4 Å². The lowest BCUT2D eigenvalue weighted by molar-refractivity contribution is 1.31. The first-order valence-corrected chi connectivity index (χ1v) is 7.35. The summed E-state index contributed by atoms with van der Waals surface area (Å²) >= 11 is 6.49. The Bertz CT molecular complexity index is 931. The maximum Gasteiger partial charge on any atom is 0.139 e. The van der Waals surface area contributed by atoms with Gasteiger partial charge in [0.1, 0.15) is 5.15 Å². The van der Waals surface area contributed by atoms with Gasteiger partial charge in [0.05, 0.1) is 23.7 Å². The molecule has 4 aromatic rings. The third-order valence-electron chi connectivity index (χ3n) is 3.68. The van der Waals surface area contributed by atoms with Gasteiger partial charge in [0.2, 0.25) is 0 Å². The van der Waals surface area contributed by atoms with Gasteiger partial charge in [-0.15, -0.1) is 0 Å². The van der Waals surface area contributed by atoms with E-state index in [9.17, 15) is 0 Å². The van der Waals surface area contributed by atoms with E-state index in [2.05, 4.69) is 33.2 Å². The number of aromatic amines is 1. The van der Waals surface area contributed by atoms with Crippen LogP contribution in [0.3, 0.4) is 0 Å². The molecule has 3 nitrogen and oxygen atoms in total. The van der Waals surface area contributed by atoms with Crippen LogP contribution in [0.25, 0.3) is 33.3 Å². The lowest BCUT2D eigenvalue weighted by Gasteiger charge is -2.13. The van der Waals surface area contributed by atoms with Crippen LogP contribution >= 0.6 is 11.6 Å². The van der Waals surface area contributed by atoms with Gasteiger partial charge < -0.3 is 4.98 Å². The number of benzene rings is 2. The Morgan fingerprint density at radius 1 is 0.864 bits per heavy atom. The summed E-state index contributed by atoms with van der Waals surface area (Å²) in [6, 6.07) is 18.2. The zero-order chi connectivity index (χ0) is 14.9. The van der Waals surface area contributed by atoms with Crippen molar-refractivity contribution in [1.82, 2.24) is 15.0 Å². The summed E-state index contributed by atoms with van der Waals surface area (Å²) in [5.41, 5.74) is 4.80. The summed E-state index contributed by atoms with van der Waals surface area (Å²) in [4.78, 5) is 11.8. The second-order valence-electron chi connectivity index (χ2n) is 5.00. The largest absolute Gasteiger partial charge is 0.345 e. The topological polar surface area (TPSA) is 41.6 Å². The molecule has 1 N–H and O–H groups in total. The molecule has 4 heteroatoms. The molecule has 0 spiro atoms.